The number of rotatable bonds is 3. The highest BCUT2D eigenvalue weighted by molar-refractivity contribution is 5.91. The number of aromatic amines is 1. The molecular formula is C15H17N3O2. The van der Waals surface area contributed by atoms with E-state index in [2.05, 4.69) is 4.98 Å². The Bertz CT molecular complexity index is 662. The molecule has 0 spiro atoms. The van der Waals surface area contributed by atoms with E-state index in [1.807, 2.05) is 30.5 Å². The summed E-state index contributed by atoms with van der Waals surface area (Å²) in [4.78, 5) is 28.5. The van der Waals surface area contributed by atoms with Gasteiger partial charge in [-0.15, -0.1) is 0 Å². The lowest BCUT2D eigenvalue weighted by Crippen LogP contribution is -2.44. The smallest absolute Gasteiger partial charge is 0.240 e. The zero-order valence-corrected chi connectivity index (χ0v) is 11.1. The number of aromatic nitrogens is 1. The fraction of sp³-hybridized carbons (Fsp3) is 0.333. The molecule has 1 fully saturated rings. The summed E-state index contributed by atoms with van der Waals surface area (Å²) >= 11 is 0. The molecule has 0 unspecified atom stereocenters. The fourth-order valence-corrected chi connectivity index (χ4v) is 2.90. The van der Waals surface area contributed by atoms with E-state index in [1.54, 1.807) is 4.90 Å². The van der Waals surface area contributed by atoms with Crippen molar-refractivity contribution < 1.29 is 9.59 Å². The first kappa shape index (κ1) is 12.7. The van der Waals surface area contributed by atoms with Crippen molar-refractivity contribution in [3.8, 4) is 0 Å². The van der Waals surface area contributed by atoms with Gasteiger partial charge in [-0.1, -0.05) is 18.2 Å². The highest BCUT2D eigenvalue weighted by atomic mass is 16.2. The third-order valence-electron chi connectivity index (χ3n) is 3.92. The topological polar surface area (TPSA) is 79.2 Å². The van der Waals surface area contributed by atoms with Gasteiger partial charge in [0, 0.05) is 23.6 Å². The molecule has 1 atom stereocenters. The fourth-order valence-electron chi connectivity index (χ4n) is 2.90. The largest absolute Gasteiger partial charge is 0.368 e. The van der Waals surface area contributed by atoms with Crippen molar-refractivity contribution in [3.05, 3.63) is 36.0 Å². The lowest BCUT2D eigenvalue weighted by atomic mass is 10.1. The number of fused-ring (bicyclic) bond motifs is 1. The highest BCUT2D eigenvalue weighted by Gasteiger charge is 2.32. The van der Waals surface area contributed by atoms with Crippen LogP contribution in [0.25, 0.3) is 10.9 Å². The van der Waals surface area contributed by atoms with Gasteiger partial charge in [-0.3, -0.25) is 9.59 Å². The number of nitrogens with two attached hydrogens (primary N) is 1. The summed E-state index contributed by atoms with van der Waals surface area (Å²) in [5.41, 5.74) is 7.33. The van der Waals surface area contributed by atoms with Crippen LogP contribution in [0.4, 0.5) is 0 Å². The monoisotopic (exact) mass is 271 g/mol. The van der Waals surface area contributed by atoms with Gasteiger partial charge in [0.2, 0.25) is 11.8 Å². The summed E-state index contributed by atoms with van der Waals surface area (Å²) < 4.78 is 0. The standard InChI is InChI=1S/C15H17N3O2/c16-15(20)13-6-3-7-18(13)14(19)8-10-9-17-12-5-2-1-4-11(10)12/h1-2,4-5,9,13,17H,3,6-8H2,(H2,16,20)/t13-/m0/s1. The first-order chi connectivity index (χ1) is 9.66. The van der Waals surface area contributed by atoms with Crippen LogP contribution in [0.15, 0.2) is 30.5 Å². The Balaban J connectivity index is 1.80. The van der Waals surface area contributed by atoms with Crippen LogP contribution in [0.3, 0.4) is 0 Å². The third kappa shape index (κ3) is 2.15. The quantitative estimate of drug-likeness (QED) is 0.879. The van der Waals surface area contributed by atoms with Gasteiger partial charge in [0.1, 0.15) is 6.04 Å². The average Bonchev–Trinajstić information content (AvgIpc) is 3.06. The van der Waals surface area contributed by atoms with Crippen LogP contribution < -0.4 is 5.73 Å². The number of amides is 2. The molecule has 104 valence electrons. The summed E-state index contributed by atoms with van der Waals surface area (Å²) in [5.74, 6) is -0.439. The Labute approximate surface area is 116 Å². The normalized spacial score (nSPS) is 18.6. The van der Waals surface area contributed by atoms with Crippen molar-refractivity contribution in [1.82, 2.24) is 9.88 Å². The zero-order valence-electron chi connectivity index (χ0n) is 11.1. The van der Waals surface area contributed by atoms with Crippen molar-refractivity contribution in [2.45, 2.75) is 25.3 Å². The molecule has 3 rings (SSSR count). The lowest BCUT2D eigenvalue weighted by molar-refractivity contribution is -0.136. The molecule has 0 radical (unpaired) electrons. The molecule has 3 N–H and O–H groups in total. The van der Waals surface area contributed by atoms with Crippen LogP contribution in [-0.4, -0.2) is 34.3 Å². The maximum Gasteiger partial charge on any atom is 0.240 e. The zero-order chi connectivity index (χ0) is 14.1. The van der Waals surface area contributed by atoms with Crippen molar-refractivity contribution >= 4 is 22.7 Å². The molecule has 20 heavy (non-hydrogen) atoms. The van der Waals surface area contributed by atoms with Gasteiger partial charge in [-0.2, -0.15) is 0 Å². The molecular weight excluding hydrogens is 254 g/mol. The minimum absolute atomic E-state index is 0.0314. The Kier molecular flexibility index (Phi) is 3.18. The van der Waals surface area contributed by atoms with Crippen molar-refractivity contribution in [1.29, 1.82) is 0 Å². The van der Waals surface area contributed by atoms with Crippen LogP contribution in [0.1, 0.15) is 18.4 Å². The van der Waals surface area contributed by atoms with Gasteiger partial charge in [0.05, 0.1) is 6.42 Å². The van der Waals surface area contributed by atoms with Gasteiger partial charge in [0.25, 0.3) is 0 Å². The summed E-state index contributed by atoms with van der Waals surface area (Å²) in [7, 11) is 0. The molecule has 1 aliphatic rings. The second-order valence-corrected chi connectivity index (χ2v) is 5.18. The van der Waals surface area contributed by atoms with Crippen LogP contribution in [0, 0.1) is 0 Å². The van der Waals surface area contributed by atoms with Crippen molar-refractivity contribution in [2.75, 3.05) is 6.54 Å². The van der Waals surface area contributed by atoms with E-state index in [4.69, 9.17) is 5.73 Å². The Morgan fingerprint density at radius 3 is 2.95 bits per heavy atom. The van der Waals surface area contributed by atoms with Gasteiger partial charge in [0.15, 0.2) is 0 Å². The first-order valence-corrected chi connectivity index (χ1v) is 6.80. The second-order valence-electron chi connectivity index (χ2n) is 5.18. The van der Waals surface area contributed by atoms with Crippen molar-refractivity contribution in [3.63, 3.8) is 0 Å². The number of primary amides is 1. The molecule has 2 aromatic rings. The SMILES string of the molecule is NC(=O)[C@@H]1CCCN1C(=O)Cc1c[nH]c2ccccc12. The third-order valence-corrected chi connectivity index (χ3v) is 3.92. The molecule has 5 nitrogen and oxygen atoms in total. The predicted octanol–water partition coefficient (Wildman–Crippen LogP) is 1.19. The number of likely N-dealkylation sites (tertiary alicyclic amines) is 1. The number of nitrogens with one attached hydrogen (secondary N) is 1. The summed E-state index contributed by atoms with van der Waals surface area (Å²) in [5, 5.41) is 1.05. The second kappa shape index (κ2) is 5.00. The Morgan fingerprint density at radius 1 is 1.35 bits per heavy atom. The molecule has 2 heterocycles. The molecule has 0 aliphatic carbocycles. The number of hydrogen-bond acceptors (Lipinski definition) is 2. The van der Waals surface area contributed by atoms with E-state index in [-0.39, 0.29) is 5.91 Å². The van der Waals surface area contributed by atoms with E-state index >= 15 is 0 Å². The number of H-pyrrole nitrogens is 1. The number of hydrogen-bond donors (Lipinski definition) is 2. The Hall–Kier alpha value is -2.30. The number of para-hydroxylation sites is 1. The summed E-state index contributed by atoms with van der Waals surface area (Å²) in [6.07, 6.45) is 3.67. The molecule has 1 aliphatic heterocycles. The first-order valence-electron chi connectivity index (χ1n) is 6.80. The number of benzene rings is 1. The van der Waals surface area contributed by atoms with Gasteiger partial charge in [-0.05, 0) is 24.5 Å². The highest BCUT2D eigenvalue weighted by Crippen LogP contribution is 2.22. The molecule has 1 saturated heterocycles. The Morgan fingerprint density at radius 2 is 2.15 bits per heavy atom. The van der Waals surface area contributed by atoms with E-state index in [1.165, 1.54) is 0 Å². The van der Waals surface area contributed by atoms with E-state index in [0.29, 0.717) is 19.4 Å². The van der Waals surface area contributed by atoms with Gasteiger partial charge >= 0.3 is 0 Å². The molecule has 5 heteroatoms. The lowest BCUT2D eigenvalue weighted by Gasteiger charge is -2.22. The maximum absolute atomic E-state index is 12.4. The number of carbonyl (C=O) groups is 2. The van der Waals surface area contributed by atoms with Crippen LogP contribution in [-0.2, 0) is 16.0 Å². The number of carbonyl (C=O) groups excluding carboxylic acids is 2. The molecule has 0 bridgehead atoms. The maximum atomic E-state index is 12.4. The van der Waals surface area contributed by atoms with Gasteiger partial charge in [-0.25, -0.2) is 0 Å². The van der Waals surface area contributed by atoms with E-state index < -0.39 is 11.9 Å². The summed E-state index contributed by atoms with van der Waals surface area (Å²) in [6, 6.07) is 7.43. The molecule has 1 aromatic heterocycles. The molecule has 0 saturated carbocycles. The number of nitrogens with zero attached hydrogens (tertiary/aromatic N) is 1. The van der Waals surface area contributed by atoms with E-state index in [9.17, 15) is 9.59 Å². The minimum atomic E-state index is -0.437. The minimum Gasteiger partial charge on any atom is -0.368 e. The average molecular weight is 271 g/mol. The van der Waals surface area contributed by atoms with Crippen LogP contribution in [0.5, 0.6) is 0 Å². The van der Waals surface area contributed by atoms with Gasteiger partial charge < -0.3 is 15.6 Å². The summed E-state index contributed by atoms with van der Waals surface area (Å²) in [6.45, 7) is 0.620. The van der Waals surface area contributed by atoms with Crippen LogP contribution in [0.2, 0.25) is 0 Å². The molecule has 1 aromatic carbocycles. The van der Waals surface area contributed by atoms with Crippen LogP contribution >= 0.6 is 0 Å². The predicted molar refractivity (Wildman–Crippen MR) is 75.9 cm³/mol. The van der Waals surface area contributed by atoms with Crippen molar-refractivity contribution in [2.24, 2.45) is 5.73 Å². The molecule has 2 amide bonds. The van der Waals surface area contributed by atoms with E-state index in [0.717, 1.165) is 22.9 Å².